The van der Waals surface area contributed by atoms with Crippen molar-refractivity contribution in [1.82, 2.24) is 15.0 Å². The molecule has 0 spiro atoms. The number of rotatable bonds is 7. The van der Waals surface area contributed by atoms with E-state index in [1.807, 2.05) is 0 Å². The van der Waals surface area contributed by atoms with Crippen molar-refractivity contribution in [3.63, 3.8) is 0 Å². The fourth-order valence-corrected chi connectivity index (χ4v) is 4.06. The number of alkyl halides is 6. The van der Waals surface area contributed by atoms with Gasteiger partial charge in [0.25, 0.3) is 0 Å². The summed E-state index contributed by atoms with van der Waals surface area (Å²) in [5, 5.41) is 11.5. The Bertz CT molecular complexity index is 1300. The van der Waals surface area contributed by atoms with Crippen LogP contribution in [0.15, 0.2) is 53.1 Å². The summed E-state index contributed by atoms with van der Waals surface area (Å²) in [7, 11) is 0. The molecule has 38 heavy (non-hydrogen) atoms. The van der Waals surface area contributed by atoms with Crippen molar-refractivity contribution in [2.24, 2.45) is 5.73 Å². The first-order valence-corrected chi connectivity index (χ1v) is 11.6. The summed E-state index contributed by atoms with van der Waals surface area (Å²) < 4.78 is 89.8. The molecule has 0 aliphatic carbocycles. The number of nitrogens with zero attached hydrogens (tertiary/aromatic N) is 3. The van der Waals surface area contributed by atoms with Gasteiger partial charge >= 0.3 is 12.4 Å². The second-order valence-electron chi connectivity index (χ2n) is 8.56. The highest BCUT2D eigenvalue weighted by Gasteiger charge is 2.36. The Morgan fingerprint density at radius 1 is 1.11 bits per heavy atom. The first-order chi connectivity index (χ1) is 17.9. The van der Waals surface area contributed by atoms with Crippen LogP contribution in [-0.4, -0.2) is 34.2 Å². The number of nitrogens with one attached hydrogen (secondary N) is 1. The van der Waals surface area contributed by atoms with Gasteiger partial charge in [0.05, 0.1) is 17.7 Å². The van der Waals surface area contributed by atoms with Crippen LogP contribution in [0.5, 0.6) is 5.75 Å². The lowest BCUT2D eigenvalue weighted by atomic mass is 10.1. The van der Waals surface area contributed by atoms with Crippen LogP contribution in [-0.2, 0) is 12.4 Å². The van der Waals surface area contributed by atoms with Crippen LogP contribution in [0, 0.1) is 5.41 Å². The molecule has 1 aliphatic heterocycles. The number of guanidine groups is 1. The summed E-state index contributed by atoms with van der Waals surface area (Å²) in [6.07, 6.45) is -4.39. The lowest BCUT2D eigenvalue weighted by Crippen LogP contribution is -2.35. The molecule has 4 rings (SSSR count). The van der Waals surface area contributed by atoms with Gasteiger partial charge in [-0.1, -0.05) is 29.4 Å². The molecular formula is C25H23F6N5O2. The molecule has 0 radical (unpaired) electrons. The summed E-state index contributed by atoms with van der Waals surface area (Å²) in [4.78, 5) is 5.82. The number of aromatic nitrogens is 2. The van der Waals surface area contributed by atoms with Crippen molar-refractivity contribution in [3.05, 3.63) is 71.1 Å². The molecule has 13 heteroatoms. The molecule has 0 amide bonds. The monoisotopic (exact) mass is 539 g/mol. The van der Waals surface area contributed by atoms with E-state index in [1.54, 1.807) is 17.1 Å². The average molecular weight is 539 g/mol. The molecule has 0 saturated carbocycles. The van der Waals surface area contributed by atoms with Crippen molar-refractivity contribution in [2.75, 3.05) is 13.2 Å². The second kappa shape index (κ2) is 10.8. The van der Waals surface area contributed by atoms with E-state index in [1.165, 1.54) is 24.3 Å². The van der Waals surface area contributed by atoms with Gasteiger partial charge in [0.1, 0.15) is 11.8 Å². The van der Waals surface area contributed by atoms with Crippen LogP contribution < -0.4 is 10.5 Å². The normalized spacial score (nSPS) is 16.4. The third-order valence-electron chi connectivity index (χ3n) is 5.92. The number of halogens is 6. The van der Waals surface area contributed by atoms with Crippen LogP contribution >= 0.6 is 0 Å². The number of hydrogen-bond acceptors (Lipinski definition) is 5. The molecule has 1 unspecified atom stereocenters. The zero-order valence-electron chi connectivity index (χ0n) is 19.8. The van der Waals surface area contributed by atoms with Gasteiger partial charge in [-0.05, 0) is 55.2 Å². The Kier molecular flexibility index (Phi) is 7.65. The number of nitrogens with two attached hydrogens (primary N) is 1. The van der Waals surface area contributed by atoms with Gasteiger partial charge in [-0.2, -0.15) is 31.3 Å². The first-order valence-electron chi connectivity index (χ1n) is 11.6. The number of benzene rings is 2. The molecule has 1 fully saturated rings. The lowest BCUT2D eigenvalue weighted by Gasteiger charge is -2.21. The van der Waals surface area contributed by atoms with Gasteiger partial charge in [-0.3, -0.25) is 5.41 Å². The van der Waals surface area contributed by atoms with Gasteiger partial charge in [-0.25, -0.2) is 0 Å². The lowest BCUT2D eigenvalue weighted by molar-refractivity contribution is -0.139. The third kappa shape index (κ3) is 6.26. The van der Waals surface area contributed by atoms with Crippen molar-refractivity contribution in [2.45, 2.75) is 37.7 Å². The van der Waals surface area contributed by atoms with Crippen LogP contribution in [0.1, 0.15) is 47.9 Å². The van der Waals surface area contributed by atoms with Crippen molar-refractivity contribution in [3.8, 4) is 17.1 Å². The molecule has 2 heterocycles. The van der Waals surface area contributed by atoms with E-state index in [2.05, 4.69) is 10.1 Å². The molecule has 1 aliphatic rings. The first kappa shape index (κ1) is 27.0. The molecule has 2 aromatic carbocycles. The van der Waals surface area contributed by atoms with E-state index in [4.69, 9.17) is 20.4 Å². The second-order valence-corrected chi connectivity index (χ2v) is 8.56. The summed E-state index contributed by atoms with van der Waals surface area (Å²) in [6.45, 7) is 0.454. The zero-order valence-corrected chi connectivity index (χ0v) is 19.8. The van der Waals surface area contributed by atoms with E-state index < -0.39 is 29.5 Å². The molecule has 3 N–H and O–H groups in total. The van der Waals surface area contributed by atoms with Gasteiger partial charge in [0.2, 0.25) is 11.7 Å². The standard InChI is InChI=1S/C25H23F6N5O2/c26-24(27,28)17-9-6-15(7-10-17)4-1-2-13-37-20-11-8-16(14-18(20)25(29,30)31)21-34-22(38-35-21)19-5-3-12-36(19)23(32)33/h1,4,6-11,14,19H,2-3,5,12-13H2,(H3,32,33). The minimum Gasteiger partial charge on any atom is -0.493 e. The largest absolute Gasteiger partial charge is 0.493 e. The summed E-state index contributed by atoms with van der Waals surface area (Å²) in [5.41, 5.74) is 4.39. The van der Waals surface area contributed by atoms with Crippen LogP contribution in [0.4, 0.5) is 26.3 Å². The Hall–Kier alpha value is -4.03. The fraction of sp³-hybridized carbons (Fsp3) is 0.320. The number of ether oxygens (including phenoxy) is 1. The maximum Gasteiger partial charge on any atom is 0.419 e. The maximum atomic E-state index is 13.8. The number of hydrogen-bond donors (Lipinski definition) is 2. The molecule has 1 saturated heterocycles. The molecule has 0 bridgehead atoms. The van der Waals surface area contributed by atoms with Crippen molar-refractivity contribution in [1.29, 1.82) is 5.41 Å². The summed E-state index contributed by atoms with van der Waals surface area (Å²) in [5.74, 6) is -0.401. The molecule has 1 aromatic heterocycles. The highest BCUT2D eigenvalue weighted by Crippen LogP contribution is 2.39. The highest BCUT2D eigenvalue weighted by atomic mass is 19.4. The molecule has 7 nitrogen and oxygen atoms in total. The van der Waals surface area contributed by atoms with Gasteiger partial charge in [0.15, 0.2) is 5.96 Å². The molecule has 202 valence electrons. The Labute approximate surface area is 213 Å². The maximum absolute atomic E-state index is 13.8. The van der Waals surface area contributed by atoms with Crippen molar-refractivity contribution < 1.29 is 35.6 Å². The van der Waals surface area contributed by atoms with E-state index in [0.29, 0.717) is 18.5 Å². The van der Waals surface area contributed by atoms with Crippen LogP contribution in [0.3, 0.4) is 0 Å². The summed E-state index contributed by atoms with van der Waals surface area (Å²) in [6, 6.07) is 7.52. The highest BCUT2D eigenvalue weighted by molar-refractivity contribution is 5.75. The minimum absolute atomic E-state index is 0.0353. The number of likely N-dealkylation sites (tertiary alicyclic amines) is 1. The van der Waals surface area contributed by atoms with Crippen molar-refractivity contribution >= 4 is 12.0 Å². The Morgan fingerprint density at radius 3 is 2.50 bits per heavy atom. The quantitative estimate of drug-likeness (QED) is 0.159. The predicted octanol–water partition coefficient (Wildman–Crippen LogP) is 6.29. The third-order valence-corrected chi connectivity index (χ3v) is 5.92. The van der Waals surface area contributed by atoms with Crippen LogP contribution in [0.2, 0.25) is 0 Å². The molecule has 1 atom stereocenters. The summed E-state index contributed by atoms with van der Waals surface area (Å²) >= 11 is 0. The molecule has 3 aromatic rings. The predicted molar refractivity (Wildman–Crippen MR) is 126 cm³/mol. The van der Waals surface area contributed by atoms with Gasteiger partial charge in [-0.15, -0.1) is 0 Å². The average Bonchev–Trinajstić information content (AvgIpc) is 3.53. The van der Waals surface area contributed by atoms with E-state index >= 15 is 0 Å². The molecular weight excluding hydrogens is 516 g/mol. The fourth-order valence-electron chi connectivity index (χ4n) is 4.06. The smallest absolute Gasteiger partial charge is 0.419 e. The van der Waals surface area contributed by atoms with Gasteiger partial charge in [0, 0.05) is 12.1 Å². The van der Waals surface area contributed by atoms with E-state index in [9.17, 15) is 26.3 Å². The van der Waals surface area contributed by atoms with E-state index in [0.717, 1.165) is 24.6 Å². The van der Waals surface area contributed by atoms with E-state index in [-0.39, 0.29) is 42.0 Å². The minimum atomic E-state index is -4.72. The zero-order chi connectivity index (χ0) is 27.5. The van der Waals surface area contributed by atoms with Crippen LogP contribution in [0.25, 0.3) is 17.5 Å². The Balaban J connectivity index is 1.42. The topological polar surface area (TPSA) is 101 Å². The Morgan fingerprint density at radius 2 is 1.84 bits per heavy atom. The van der Waals surface area contributed by atoms with Gasteiger partial charge < -0.3 is 19.9 Å². The SMILES string of the molecule is N=C(N)N1CCCC1c1nc(-c2ccc(OCCC=Cc3ccc(C(F)(F)F)cc3)c(C(F)(F)F)c2)no1.